The maximum atomic E-state index is 2.53. The summed E-state index contributed by atoms with van der Waals surface area (Å²) < 4.78 is 9.93. The Bertz CT molecular complexity index is 7630. The van der Waals surface area contributed by atoms with Crippen LogP contribution in [0.25, 0.3) is 209 Å². The first-order valence-electron chi connectivity index (χ1n) is 36.4. The van der Waals surface area contributed by atoms with Crippen molar-refractivity contribution in [1.82, 2.24) is 18.3 Å². The van der Waals surface area contributed by atoms with Crippen LogP contribution in [0.3, 0.4) is 0 Å². The Morgan fingerprint density at radius 2 is 0.604 bits per heavy atom. The molecule has 490 valence electrons. The molecule has 24 rings (SSSR count). The van der Waals surface area contributed by atoms with Gasteiger partial charge in [0.05, 0.1) is 49.8 Å². The molecule has 0 radical (unpaired) electrons. The molecule has 0 amide bonds. The highest BCUT2D eigenvalue weighted by Crippen LogP contribution is 2.55. The third kappa shape index (κ3) is 8.39. The number of rotatable bonds is 7. The molecule has 4 nitrogen and oxygen atoms in total. The van der Waals surface area contributed by atoms with Gasteiger partial charge in [-0.15, -0.1) is 0 Å². The van der Waals surface area contributed by atoms with Gasteiger partial charge in [-0.1, -0.05) is 236 Å². The smallest absolute Gasteiger partial charge is 0.0554 e. The molecule has 2 aliphatic rings. The normalized spacial score (nSPS) is 12.6. The monoisotopic (exact) mass is 1380 g/mol. The molecular weight excluding hydrogens is 1320 g/mol. The van der Waals surface area contributed by atoms with E-state index in [0.717, 1.165) is 17.1 Å². The largest absolute Gasteiger partial charge is 0.309 e. The molecule has 0 aliphatic carbocycles. The average Bonchev–Trinajstić information content (AvgIpc) is 1.50. The Morgan fingerprint density at radius 1 is 0.170 bits per heavy atom. The molecule has 0 bridgehead atoms. The van der Waals surface area contributed by atoms with Crippen molar-refractivity contribution in [2.75, 3.05) is 0 Å². The summed E-state index contributed by atoms with van der Waals surface area (Å²) in [5.74, 6) is 0. The van der Waals surface area contributed by atoms with Gasteiger partial charge in [-0.2, -0.15) is 0 Å². The number of fused-ring (bicyclic) bond motifs is 20. The molecule has 106 heavy (non-hydrogen) atoms. The quantitative estimate of drug-likeness (QED) is 0.158. The number of para-hydroxylation sites is 3. The Morgan fingerprint density at radius 3 is 1.28 bits per heavy atom. The molecule has 0 spiro atoms. The minimum atomic E-state index is 1.13. The van der Waals surface area contributed by atoms with Crippen LogP contribution in [0.4, 0.5) is 0 Å². The van der Waals surface area contributed by atoms with Gasteiger partial charge in [0.25, 0.3) is 0 Å². The molecule has 0 unspecified atom stereocenters. The molecular formula is C100H58N4S2. The first-order valence-corrected chi connectivity index (χ1v) is 38.1. The van der Waals surface area contributed by atoms with Gasteiger partial charge in [-0.3, -0.25) is 0 Å². The lowest BCUT2D eigenvalue weighted by molar-refractivity contribution is 1.18. The molecule has 4 aromatic heterocycles. The van der Waals surface area contributed by atoms with E-state index in [9.17, 15) is 0 Å². The van der Waals surface area contributed by atoms with Crippen molar-refractivity contribution >= 4 is 154 Å². The standard InChI is InChI=1S/C100H58N4S2/c1-3-22-68(23-4-1)101-86-46-39-63(65-42-49-89-83(54-65)98-77-30-16-34-94-99(77)80(74-28-12-14-33-93(74)105-94)58-92(98)104(89)84-32-15-21-60-19-9-10-26-71(60)84)52-79(86)73-44-37-66(55-90(73)101)67-38-45-75-81-57-91-97(76-29-17-35-95(100(76)81)106-96(75)56-67)82-53-64(41-48-88(82)102(91)69-24-5-2-6-25-69)62-40-47-87-78(51-62)72-27-11-13-31-85(72)103(87)70-43-36-59-18-7-8-20-61(59)50-70/h1-58H. The highest BCUT2D eigenvalue weighted by atomic mass is 32.2. The van der Waals surface area contributed by atoms with Gasteiger partial charge in [0.15, 0.2) is 0 Å². The Balaban J connectivity index is 0.635. The number of nitrogens with zero attached hydrogens (tertiary/aromatic N) is 4. The van der Waals surface area contributed by atoms with Gasteiger partial charge in [-0.25, -0.2) is 0 Å². The third-order valence-corrected chi connectivity index (χ3v) is 25.3. The molecule has 0 N–H and O–H groups in total. The van der Waals surface area contributed by atoms with Gasteiger partial charge in [0, 0.05) is 95.9 Å². The van der Waals surface area contributed by atoms with Crippen LogP contribution in [0.2, 0.25) is 0 Å². The fourth-order valence-electron chi connectivity index (χ4n) is 18.4. The van der Waals surface area contributed by atoms with Crippen LogP contribution in [0.1, 0.15) is 0 Å². The zero-order valence-corrected chi connectivity index (χ0v) is 58.7. The minimum Gasteiger partial charge on any atom is -0.309 e. The molecule has 22 aromatic rings. The van der Waals surface area contributed by atoms with E-state index >= 15 is 0 Å². The predicted octanol–water partition coefficient (Wildman–Crippen LogP) is 28.0. The summed E-state index contributed by atoms with van der Waals surface area (Å²) in [7, 11) is 0. The maximum Gasteiger partial charge on any atom is 0.0554 e. The first-order chi connectivity index (χ1) is 52.5. The number of benzene rings is 18. The second-order valence-corrected chi connectivity index (χ2v) is 30.8. The molecule has 2 aliphatic heterocycles. The lowest BCUT2D eigenvalue weighted by atomic mass is 9.92. The molecule has 0 saturated heterocycles. The van der Waals surface area contributed by atoms with Crippen LogP contribution in [0, 0.1) is 0 Å². The van der Waals surface area contributed by atoms with Crippen LogP contribution in [0.15, 0.2) is 371 Å². The summed E-state index contributed by atoms with van der Waals surface area (Å²) in [5, 5.41) is 20.1. The van der Waals surface area contributed by atoms with E-state index < -0.39 is 0 Å². The number of aromatic nitrogens is 4. The zero-order valence-electron chi connectivity index (χ0n) is 57.1. The minimum absolute atomic E-state index is 1.13. The Labute approximate surface area is 617 Å². The molecule has 6 heteroatoms. The van der Waals surface area contributed by atoms with E-state index in [4.69, 9.17) is 0 Å². The summed E-state index contributed by atoms with van der Waals surface area (Å²) in [5.41, 5.74) is 26.4. The van der Waals surface area contributed by atoms with E-state index in [1.54, 1.807) is 0 Å². The third-order valence-electron chi connectivity index (χ3n) is 23.1. The van der Waals surface area contributed by atoms with E-state index in [1.165, 1.54) is 211 Å². The van der Waals surface area contributed by atoms with Gasteiger partial charge in [-0.05, 0) is 222 Å². The van der Waals surface area contributed by atoms with Crippen LogP contribution in [-0.4, -0.2) is 18.3 Å². The summed E-state index contributed by atoms with van der Waals surface area (Å²) in [4.78, 5) is 5.13. The fraction of sp³-hybridized carbons (Fsp3) is 0. The molecule has 18 aromatic carbocycles. The van der Waals surface area contributed by atoms with Crippen LogP contribution < -0.4 is 0 Å². The topological polar surface area (TPSA) is 19.7 Å². The molecule has 0 saturated carbocycles. The van der Waals surface area contributed by atoms with Gasteiger partial charge >= 0.3 is 0 Å². The lowest BCUT2D eigenvalue weighted by Gasteiger charge is -2.22. The summed E-state index contributed by atoms with van der Waals surface area (Å²) in [6.45, 7) is 0. The molecule has 6 heterocycles. The van der Waals surface area contributed by atoms with Crippen molar-refractivity contribution in [3.05, 3.63) is 352 Å². The van der Waals surface area contributed by atoms with Gasteiger partial charge in [0.1, 0.15) is 0 Å². The maximum absolute atomic E-state index is 2.53. The van der Waals surface area contributed by atoms with Crippen molar-refractivity contribution in [3.8, 4) is 78.4 Å². The average molecular weight is 1380 g/mol. The predicted molar refractivity (Wildman–Crippen MR) is 449 cm³/mol. The van der Waals surface area contributed by atoms with E-state index in [2.05, 4.69) is 370 Å². The second-order valence-electron chi connectivity index (χ2n) is 28.6. The Kier molecular flexibility index (Phi) is 12.2. The summed E-state index contributed by atoms with van der Waals surface area (Å²) in [6.07, 6.45) is 0. The fourth-order valence-corrected chi connectivity index (χ4v) is 20.7. The number of hydrogen-bond donors (Lipinski definition) is 0. The van der Waals surface area contributed by atoms with Crippen LogP contribution in [0.5, 0.6) is 0 Å². The van der Waals surface area contributed by atoms with Gasteiger partial charge in [0.2, 0.25) is 0 Å². The molecule has 0 fully saturated rings. The highest BCUT2D eigenvalue weighted by Gasteiger charge is 2.29. The molecule has 0 atom stereocenters. The lowest BCUT2D eigenvalue weighted by Crippen LogP contribution is -1.97. The van der Waals surface area contributed by atoms with E-state index in [-0.39, 0.29) is 0 Å². The Hall–Kier alpha value is -13.1. The first kappa shape index (κ1) is 58.4. The SMILES string of the molecule is c1ccc(-n2c3ccc(-c4ccc5c(c4)c4c6cccc7c6c(cc4n5-c4cccc5ccccc45)-c4ccccc4S7)cc3c3ccc(-c4ccc5c(c4)Sc4cccc6c4c-5cc4c6c5cc(-c6ccc7c(c6)c6ccccc6n7-c6ccc7ccccc7c6)ccc5n4-c4ccccc4)cc32)cc1. The van der Waals surface area contributed by atoms with Crippen LogP contribution in [-0.2, 0) is 0 Å². The van der Waals surface area contributed by atoms with Crippen molar-refractivity contribution < 1.29 is 0 Å². The van der Waals surface area contributed by atoms with Gasteiger partial charge < -0.3 is 18.3 Å². The van der Waals surface area contributed by atoms with Crippen molar-refractivity contribution in [2.24, 2.45) is 0 Å². The van der Waals surface area contributed by atoms with Crippen LogP contribution >= 0.6 is 23.5 Å². The van der Waals surface area contributed by atoms with Crippen molar-refractivity contribution in [1.29, 1.82) is 0 Å². The summed E-state index contributed by atoms with van der Waals surface area (Å²) >= 11 is 3.79. The number of hydrogen-bond acceptors (Lipinski definition) is 2. The zero-order chi connectivity index (χ0) is 69.0. The van der Waals surface area contributed by atoms with Crippen molar-refractivity contribution in [2.45, 2.75) is 19.6 Å². The van der Waals surface area contributed by atoms with Crippen molar-refractivity contribution in [3.63, 3.8) is 0 Å². The van der Waals surface area contributed by atoms with E-state index in [1.807, 2.05) is 23.5 Å². The van der Waals surface area contributed by atoms with E-state index in [0.29, 0.717) is 0 Å². The highest BCUT2D eigenvalue weighted by molar-refractivity contribution is 8.00. The summed E-state index contributed by atoms with van der Waals surface area (Å²) in [6, 6.07) is 132. The second kappa shape index (κ2) is 22.2.